The van der Waals surface area contributed by atoms with E-state index in [4.69, 9.17) is 4.74 Å². The highest BCUT2D eigenvalue weighted by Gasteiger charge is 2.39. The molecule has 0 spiro atoms. The number of piperidine rings is 1. The SMILES string of the molecule is CC(=O)c1ccc(S(=O)(=O)N2CCCCC2C(=O)OCC(=O)NC(c2ccccc2)C2CC2)cc1. The molecule has 2 aliphatic rings. The number of benzene rings is 2. The second-order valence-electron chi connectivity index (χ2n) is 9.11. The van der Waals surface area contributed by atoms with Crippen LogP contribution in [0.2, 0.25) is 0 Å². The standard InChI is InChI=1S/C26H30N2O6S/c1-18(29)19-12-14-22(15-13-19)35(32,33)28-16-6-5-9-23(28)26(31)34-17-24(30)27-25(21-10-11-21)20-7-3-2-4-8-20/h2-4,7-8,12-15,21,23,25H,5-6,9-11,16-17H2,1H3,(H,27,30). The highest BCUT2D eigenvalue weighted by molar-refractivity contribution is 7.89. The molecular weight excluding hydrogens is 468 g/mol. The second-order valence-corrected chi connectivity index (χ2v) is 11.0. The van der Waals surface area contributed by atoms with Gasteiger partial charge in [-0.3, -0.25) is 14.4 Å². The van der Waals surface area contributed by atoms with E-state index in [1.165, 1.54) is 31.2 Å². The van der Waals surface area contributed by atoms with Crippen LogP contribution in [0, 0.1) is 5.92 Å². The summed E-state index contributed by atoms with van der Waals surface area (Å²) in [6.07, 6.45) is 3.68. The first kappa shape index (κ1) is 25.1. The predicted molar refractivity (Wildman–Crippen MR) is 129 cm³/mol. The van der Waals surface area contributed by atoms with Crippen molar-refractivity contribution in [1.29, 1.82) is 0 Å². The molecule has 1 amide bonds. The number of rotatable bonds is 9. The number of nitrogens with zero attached hydrogens (tertiary/aromatic N) is 1. The smallest absolute Gasteiger partial charge is 0.324 e. The van der Waals surface area contributed by atoms with Crippen LogP contribution >= 0.6 is 0 Å². The van der Waals surface area contributed by atoms with Crippen molar-refractivity contribution in [1.82, 2.24) is 9.62 Å². The van der Waals surface area contributed by atoms with E-state index in [2.05, 4.69) is 5.32 Å². The van der Waals surface area contributed by atoms with Crippen LogP contribution in [0.1, 0.15) is 61.0 Å². The predicted octanol–water partition coefficient (Wildman–Crippen LogP) is 3.24. The first-order valence-corrected chi connectivity index (χ1v) is 13.3. The van der Waals surface area contributed by atoms with Gasteiger partial charge in [-0.15, -0.1) is 0 Å². The Balaban J connectivity index is 1.40. The summed E-state index contributed by atoms with van der Waals surface area (Å²) in [5, 5.41) is 2.96. The third kappa shape index (κ3) is 5.97. The molecule has 1 aliphatic heterocycles. The summed E-state index contributed by atoms with van der Waals surface area (Å²) in [6.45, 7) is 1.12. The lowest BCUT2D eigenvalue weighted by Gasteiger charge is -2.33. The number of ether oxygens (including phenoxy) is 1. The summed E-state index contributed by atoms with van der Waals surface area (Å²) in [6, 6.07) is 14.2. The van der Waals surface area contributed by atoms with Gasteiger partial charge in [-0.1, -0.05) is 42.5 Å². The molecule has 1 heterocycles. The number of amides is 1. The Morgan fingerprint density at radius 2 is 1.69 bits per heavy atom. The van der Waals surface area contributed by atoms with Gasteiger partial charge in [0.05, 0.1) is 10.9 Å². The molecule has 1 N–H and O–H groups in total. The summed E-state index contributed by atoms with van der Waals surface area (Å²) < 4.78 is 33.0. The van der Waals surface area contributed by atoms with Crippen LogP contribution < -0.4 is 5.32 Å². The molecule has 0 aromatic heterocycles. The molecule has 9 heteroatoms. The summed E-state index contributed by atoms with van der Waals surface area (Å²) in [5.74, 6) is -0.941. The molecule has 2 unspecified atom stereocenters. The fourth-order valence-corrected chi connectivity index (χ4v) is 6.08. The molecular formula is C26H30N2O6S. The van der Waals surface area contributed by atoms with Crippen LogP contribution in [0.15, 0.2) is 59.5 Å². The van der Waals surface area contributed by atoms with E-state index < -0.39 is 34.5 Å². The van der Waals surface area contributed by atoms with Gasteiger partial charge in [0.2, 0.25) is 10.0 Å². The van der Waals surface area contributed by atoms with Crippen molar-refractivity contribution in [3.63, 3.8) is 0 Å². The van der Waals surface area contributed by atoms with E-state index in [1.807, 2.05) is 30.3 Å². The first-order valence-electron chi connectivity index (χ1n) is 11.9. The minimum atomic E-state index is -3.97. The van der Waals surface area contributed by atoms with Crippen molar-refractivity contribution < 1.29 is 27.5 Å². The lowest BCUT2D eigenvalue weighted by molar-refractivity contribution is -0.153. The third-order valence-corrected chi connectivity index (χ3v) is 8.43. The summed E-state index contributed by atoms with van der Waals surface area (Å²) in [4.78, 5) is 37.0. The summed E-state index contributed by atoms with van der Waals surface area (Å²) in [5.41, 5.74) is 1.42. The number of ketones is 1. The Hall–Kier alpha value is -3.04. The van der Waals surface area contributed by atoms with Crippen molar-refractivity contribution in [2.75, 3.05) is 13.2 Å². The van der Waals surface area contributed by atoms with E-state index in [1.54, 1.807) is 0 Å². The molecule has 1 saturated carbocycles. The maximum Gasteiger partial charge on any atom is 0.324 e. The number of hydrogen-bond donors (Lipinski definition) is 1. The molecule has 2 atom stereocenters. The van der Waals surface area contributed by atoms with E-state index in [0.29, 0.717) is 30.7 Å². The van der Waals surface area contributed by atoms with Gasteiger partial charge in [0.1, 0.15) is 6.04 Å². The monoisotopic (exact) mass is 498 g/mol. The van der Waals surface area contributed by atoms with Gasteiger partial charge in [-0.05, 0) is 62.6 Å². The minimum absolute atomic E-state index is 0.00933. The Bertz CT molecular complexity index is 1180. The van der Waals surface area contributed by atoms with E-state index in [9.17, 15) is 22.8 Å². The van der Waals surface area contributed by atoms with Crippen LogP contribution in [-0.4, -0.2) is 49.6 Å². The van der Waals surface area contributed by atoms with Crippen LogP contribution in [-0.2, 0) is 24.3 Å². The number of esters is 1. The second kappa shape index (κ2) is 10.7. The number of carbonyl (C=O) groups is 3. The van der Waals surface area contributed by atoms with Crippen LogP contribution in [0.4, 0.5) is 0 Å². The molecule has 2 fully saturated rings. The normalized spacial score (nSPS) is 19.5. The first-order chi connectivity index (χ1) is 16.8. The Kier molecular flexibility index (Phi) is 7.66. The third-order valence-electron chi connectivity index (χ3n) is 6.51. The number of hydrogen-bond acceptors (Lipinski definition) is 6. The van der Waals surface area contributed by atoms with Gasteiger partial charge in [0.25, 0.3) is 5.91 Å². The minimum Gasteiger partial charge on any atom is -0.454 e. The van der Waals surface area contributed by atoms with Crippen molar-refractivity contribution in [3.8, 4) is 0 Å². The molecule has 0 bridgehead atoms. The topological polar surface area (TPSA) is 110 Å². The van der Waals surface area contributed by atoms with Gasteiger partial charge in [-0.25, -0.2) is 8.42 Å². The fraction of sp³-hybridized carbons (Fsp3) is 0.423. The fourth-order valence-electron chi connectivity index (χ4n) is 4.44. The van der Waals surface area contributed by atoms with Crippen molar-refractivity contribution in [2.24, 2.45) is 5.92 Å². The average molecular weight is 499 g/mol. The summed E-state index contributed by atoms with van der Waals surface area (Å²) >= 11 is 0. The molecule has 35 heavy (non-hydrogen) atoms. The van der Waals surface area contributed by atoms with Crippen molar-refractivity contribution in [2.45, 2.75) is 56.0 Å². The van der Waals surface area contributed by atoms with Gasteiger partial charge >= 0.3 is 5.97 Å². The number of sulfonamides is 1. The zero-order valence-corrected chi connectivity index (χ0v) is 20.5. The van der Waals surface area contributed by atoms with E-state index in [0.717, 1.165) is 22.7 Å². The van der Waals surface area contributed by atoms with E-state index >= 15 is 0 Å². The zero-order chi connectivity index (χ0) is 25.0. The lowest BCUT2D eigenvalue weighted by Crippen LogP contribution is -2.49. The molecule has 2 aromatic carbocycles. The van der Waals surface area contributed by atoms with Crippen LogP contribution in [0.3, 0.4) is 0 Å². The number of carbonyl (C=O) groups excluding carboxylic acids is 3. The number of nitrogens with one attached hydrogen (secondary N) is 1. The average Bonchev–Trinajstić information content (AvgIpc) is 3.72. The number of Topliss-reactive ketones (excluding diaryl/α,β-unsaturated/α-hetero) is 1. The quantitative estimate of drug-likeness (QED) is 0.420. The molecule has 2 aromatic rings. The Labute approximate surface area is 205 Å². The van der Waals surface area contributed by atoms with Gasteiger partial charge in [-0.2, -0.15) is 4.31 Å². The highest BCUT2D eigenvalue weighted by atomic mass is 32.2. The molecule has 1 saturated heterocycles. The summed E-state index contributed by atoms with van der Waals surface area (Å²) in [7, 11) is -3.97. The highest BCUT2D eigenvalue weighted by Crippen LogP contribution is 2.40. The van der Waals surface area contributed by atoms with E-state index in [-0.39, 0.29) is 23.3 Å². The molecule has 8 nitrogen and oxygen atoms in total. The van der Waals surface area contributed by atoms with Gasteiger partial charge in [0, 0.05) is 12.1 Å². The van der Waals surface area contributed by atoms with Crippen LogP contribution in [0.5, 0.6) is 0 Å². The van der Waals surface area contributed by atoms with Crippen molar-refractivity contribution >= 4 is 27.7 Å². The zero-order valence-electron chi connectivity index (χ0n) is 19.7. The lowest BCUT2D eigenvalue weighted by atomic mass is 10.0. The van der Waals surface area contributed by atoms with Crippen molar-refractivity contribution in [3.05, 3.63) is 65.7 Å². The Morgan fingerprint density at radius 1 is 1.00 bits per heavy atom. The molecule has 0 radical (unpaired) electrons. The maximum atomic E-state index is 13.3. The Morgan fingerprint density at radius 3 is 2.31 bits per heavy atom. The molecule has 186 valence electrons. The molecule has 4 rings (SSSR count). The maximum absolute atomic E-state index is 13.3. The largest absolute Gasteiger partial charge is 0.454 e. The van der Waals surface area contributed by atoms with Gasteiger partial charge in [0.15, 0.2) is 12.4 Å². The van der Waals surface area contributed by atoms with Crippen LogP contribution in [0.25, 0.3) is 0 Å². The van der Waals surface area contributed by atoms with Gasteiger partial charge < -0.3 is 10.1 Å². The molecule has 1 aliphatic carbocycles.